The van der Waals surface area contributed by atoms with Crippen molar-refractivity contribution in [3.8, 4) is 0 Å². The minimum absolute atomic E-state index is 1.18. The second kappa shape index (κ2) is 4.27. The molecule has 1 heterocycles. The van der Waals surface area contributed by atoms with E-state index in [2.05, 4.69) is 59.5 Å². The van der Waals surface area contributed by atoms with Gasteiger partial charge in [0, 0.05) is 24.8 Å². The lowest BCUT2D eigenvalue weighted by Gasteiger charge is -2.17. The van der Waals surface area contributed by atoms with Crippen LogP contribution in [-0.2, 0) is 0 Å². The molecule has 19 heavy (non-hydrogen) atoms. The molecule has 1 radical (unpaired) electrons. The van der Waals surface area contributed by atoms with Crippen molar-refractivity contribution in [1.29, 1.82) is 0 Å². The van der Waals surface area contributed by atoms with Crippen LogP contribution in [0.5, 0.6) is 0 Å². The third kappa shape index (κ3) is 1.86. The standard InChI is InChI=1S/C18H16N/c1-2-6-15-12-17-13-18(19-9-3-4-10-19)8-7-16(17)11-14(15)5-1/h1-2,5-8,11-12H,3-4,9-10H2. The molecule has 0 bridgehead atoms. The lowest BCUT2D eigenvalue weighted by atomic mass is 10.0. The lowest BCUT2D eigenvalue weighted by Crippen LogP contribution is -2.17. The highest BCUT2D eigenvalue weighted by molar-refractivity contribution is 5.99. The molecular formula is C18H16N. The van der Waals surface area contributed by atoms with Crippen molar-refractivity contribution < 1.29 is 0 Å². The maximum atomic E-state index is 3.59. The molecule has 0 unspecified atom stereocenters. The highest BCUT2D eigenvalue weighted by Crippen LogP contribution is 2.27. The van der Waals surface area contributed by atoms with E-state index < -0.39 is 0 Å². The Balaban J connectivity index is 1.89. The molecule has 1 saturated heterocycles. The summed E-state index contributed by atoms with van der Waals surface area (Å²) in [5.41, 5.74) is 1.25. The van der Waals surface area contributed by atoms with E-state index in [-0.39, 0.29) is 0 Å². The van der Waals surface area contributed by atoms with Gasteiger partial charge in [-0.2, -0.15) is 0 Å². The van der Waals surface area contributed by atoms with Gasteiger partial charge in [0.05, 0.1) is 0 Å². The summed E-state index contributed by atoms with van der Waals surface area (Å²) in [6.07, 6.45) is 2.62. The Morgan fingerprint density at radius 2 is 1.53 bits per heavy atom. The minimum atomic E-state index is 1.18. The van der Waals surface area contributed by atoms with Crippen molar-refractivity contribution in [3.63, 3.8) is 0 Å². The van der Waals surface area contributed by atoms with Crippen LogP contribution >= 0.6 is 0 Å². The molecule has 0 spiro atoms. The monoisotopic (exact) mass is 246 g/mol. The minimum Gasteiger partial charge on any atom is -0.371 e. The van der Waals surface area contributed by atoms with E-state index in [0.717, 1.165) is 0 Å². The molecule has 0 atom stereocenters. The van der Waals surface area contributed by atoms with Crippen LogP contribution < -0.4 is 4.90 Å². The molecule has 0 aliphatic carbocycles. The number of rotatable bonds is 1. The van der Waals surface area contributed by atoms with Crippen LogP contribution in [0.1, 0.15) is 12.8 Å². The largest absolute Gasteiger partial charge is 0.371 e. The highest BCUT2D eigenvalue weighted by Gasteiger charge is 2.12. The molecule has 1 heteroatoms. The van der Waals surface area contributed by atoms with Gasteiger partial charge in [-0.15, -0.1) is 0 Å². The topological polar surface area (TPSA) is 3.24 Å². The fourth-order valence-electron chi connectivity index (χ4n) is 2.99. The van der Waals surface area contributed by atoms with Crippen LogP contribution in [0.15, 0.2) is 48.5 Å². The van der Waals surface area contributed by atoms with E-state index >= 15 is 0 Å². The predicted molar refractivity (Wildman–Crippen MR) is 81.7 cm³/mol. The van der Waals surface area contributed by atoms with E-state index in [1.165, 1.54) is 53.2 Å². The summed E-state index contributed by atoms with van der Waals surface area (Å²) in [6, 6.07) is 21.1. The highest BCUT2D eigenvalue weighted by atomic mass is 15.1. The van der Waals surface area contributed by atoms with Crippen LogP contribution in [0.2, 0.25) is 0 Å². The molecule has 3 aromatic carbocycles. The van der Waals surface area contributed by atoms with E-state index in [4.69, 9.17) is 0 Å². The number of hydrogen-bond donors (Lipinski definition) is 0. The number of benzene rings is 3. The molecule has 93 valence electrons. The number of fused-ring (bicyclic) bond motifs is 2. The molecule has 0 saturated carbocycles. The first-order valence-electron chi connectivity index (χ1n) is 7.00. The Bertz CT molecular complexity index is 739. The van der Waals surface area contributed by atoms with Gasteiger partial charge >= 0.3 is 0 Å². The molecule has 0 aromatic heterocycles. The lowest BCUT2D eigenvalue weighted by molar-refractivity contribution is 0.949. The van der Waals surface area contributed by atoms with Gasteiger partial charge in [0.1, 0.15) is 0 Å². The van der Waals surface area contributed by atoms with Gasteiger partial charge in [-0.1, -0.05) is 30.3 Å². The average Bonchev–Trinajstić information content (AvgIpc) is 2.98. The number of nitrogens with zero attached hydrogens (tertiary/aromatic N) is 1. The summed E-state index contributed by atoms with van der Waals surface area (Å²) in [7, 11) is 0. The van der Waals surface area contributed by atoms with Crippen LogP contribution in [0.4, 0.5) is 5.69 Å². The molecule has 0 N–H and O–H groups in total. The molecule has 4 rings (SSSR count). The van der Waals surface area contributed by atoms with Crippen molar-refractivity contribution >= 4 is 27.2 Å². The fraction of sp³-hybridized carbons (Fsp3) is 0.222. The molecule has 1 aliphatic heterocycles. The SMILES string of the molecule is [c]1c(N2CCCC2)ccc2cc3ccccc3cc12. The predicted octanol–water partition coefficient (Wildman–Crippen LogP) is 4.39. The van der Waals surface area contributed by atoms with E-state index in [1.54, 1.807) is 0 Å². The van der Waals surface area contributed by atoms with Crippen LogP contribution in [0, 0.1) is 6.07 Å². The summed E-state index contributed by atoms with van der Waals surface area (Å²) in [5.74, 6) is 0. The number of anilines is 1. The third-order valence-electron chi connectivity index (χ3n) is 4.05. The zero-order valence-corrected chi connectivity index (χ0v) is 10.9. The summed E-state index contributed by atoms with van der Waals surface area (Å²) < 4.78 is 0. The zero-order chi connectivity index (χ0) is 12.7. The second-order valence-electron chi connectivity index (χ2n) is 5.32. The van der Waals surface area contributed by atoms with Crippen molar-refractivity contribution in [2.75, 3.05) is 18.0 Å². The quantitative estimate of drug-likeness (QED) is 0.575. The first-order chi connectivity index (χ1) is 9.40. The van der Waals surface area contributed by atoms with Crippen molar-refractivity contribution in [2.45, 2.75) is 12.8 Å². The fourth-order valence-corrected chi connectivity index (χ4v) is 2.99. The maximum Gasteiger partial charge on any atom is 0.0453 e. The Kier molecular flexibility index (Phi) is 2.44. The van der Waals surface area contributed by atoms with E-state index in [1.807, 2.05) is 0 Å². The Hall–Kier alpha value is -2.02. The van der Waals surface area contributed by atoms with Gasteiger partial charge in [0.15, 0.2) is 0 Å². The Morgan fingerprint density at radius 3 is 2.32 bits per heavy atom. The van der Waals surface area contributed by atoms with Crippen molar-refractivity contribution in [2.24, 2.45) is 0 Å². The summed E-state index contributed by atoms with van der Waals surface area (Å²) in [5, 5.41) is 5.10. The molecule has 1 aliphatic rings. The number of hydrogen-bond acceptors (Lipinski definition) is 1. The molecule has 1 nitrogen and oxygen atoms in total. The average molecular weight is 246 g/mol. The molecule has 3 aromatic rings. The van der Waals surface area contributed by atoms with Crippen LogP contribution in [0.3, 0.4) is 0 Å². The second-order valence-corrected chi connectivity index (χ2v) is 5.32. The van der Waals surface area contributed by atoms with Gasteiger partial charge in [-0.3, -0.25) is 0 Å². The third-order valence-corrected chi connectivity index (χ3v) is 4.05. The van der Waals surface area contributed by atoms with Crippen molar-refractivity contribution in [3.05, 3.63) is 54.6 Å². The van der Waals surface area contributed by atoms with Gasteiger partial charge in [-0.05, 0) is 52.6 Å². The van der Waals surface area contributed by atoms with E-state index in [9.17, 15) is 0 Å². The Morgan fingerprint density at radius 1 is 0.789 bits per heavy atom. The first-order valence-corrected chi connectivity index (χ1v) is 7.00. The molecule has 0 amide bonds. The molecule has 1 fully saturated rings. The van der Waals surface area contributed by atoms with Gasteiger partial charge in [-0.25, -0.2) is 0 Å². The first kappa shape index (κ1) is 10.9. The maximum absolute atomic E-state index is 3.59. The van der Waals surface area contributed by atoms with E-state index in [0.29, 0.717) is 0 Å². The van der Waals surface area contributed by atoms with Crippen molar-refractivity contribution in [1.82, 2.24) is 0 Å². The summed E-state index contributed by atoms with van der Waals surface area (Å²) >= 11 is 0. The van der Waals surface area contributed by atoms with Gasteiger partial charge < -0.3 is 4.90 Å². The van der Waals surface area contributed by atoms with Gasteiger partial charge in [0.25, 0.3) is 0 Å². The van der Waals surface area contributed by atoms with Crippen LogP contribution in [-0.4, -0.2) is 13.1 Å². The normalized spacial score (nSPS) is 15.5. The molecular weight excluding hydrogens is 230 g/mol. The Labute approximate surface area is 113 Å². The smallest absolute Gasteiger partial charge is 0.0453 e. The zero-order valence-electron chi connectivity index (χ0n) is 10.9. The van der Waals surface area contributed by atoms with Crippen LogP contribution in [0.25, 0.3) is 21.5 Å². The summed E-state index contributed by atoms with van der Waals surface area (Å²) in [6.45, 7) is 2.35. The summed E-state index contributed by atoms with van der Waals surface area (Å²) in [4.78, 5) is 2.44. The van der Waals surface area contributed by atoms with Gasteiger partial charge in [0.2, 0.25) is 0 Å².